The van der Waals surface area contributed by atoms with Gasteiger partial charge < -0.3 is 19.9 Å². The Balaban J connectivity index is 1.73. The number of hydrogen-bond donors (Lipinski definition) is 1. The van der Waals surface area contributed by atoms with Gasteiger partial charge in [0, 0.05) is 50.3 Å². The van der Waals surface area contributed by atoms with Gasteiger partial charge in [0.2, 0.25) is 17.7 Å². The number of amides is 3. The maximum absolute atomic E-state index is 13.0. The number of nitrogens with zero attached hydrogens (tertiary/aromatic N) is 2. The number of anilines is 1. The molecule has 0 saturated carbocycles. The number of nitrogens with one attached hydrogen (secondary N) is 1. The summed E-state index contributed by atoms with van der Waals surface area (Å²) in [6.07, 6.45) is -2.70. The smallest absolute Gasteiger partial charge is 0.405 e. The standard InChI is InChI=1S/C25H27ClF3N3O4/c1-16(33)31(2)14-12-23(34)32-13-6-5-8-21(32)24(35)30-17-10-11-18(20(26)15-17)19-7-3-4-9-22(19)36-25(27,28)29/h3-4,7,9-11,15,21H,5-6,8,12-14H2,1-2H3,(H,30,35). The zero-order chi connectivity index (χ0) is 26.5. The maximum atomic E-state index is 13.0. The Morgan fingerprint density at radius 3 is 2.53 bits per heavy atom. The summed E-state index contributed by atoms with van der Waals surface area (Å²) in [6.45, 7) is 2.12. The highest BCUT2D eigenvalue weighted by Gasteiger charge is 2.33. The van der Waals surface area contributed by atoms with E-state index in [1.165, 1.54) is 53.1 Å². The predicted octanol–water partition coefficient (Wildman–Crippen LogP) is 5.09. The van der Waals surface area contributed by atoms with Crippen LogP contribution in [0.4, 0.5) is 18.9 Å². The molecule has 1 N–H and O–H groups in total. The second-order valence-corrected chi connectivity index (χ2v) is 8.92. The number of rotatable bonds is 7. The van der Waals surface area contributed by atoms with Gasteiger partial charge in [0.05, 0.1) is 5.02 Å². The van der Waals surface area contributed by atoms with E-state index in [2.05, 4.69) is 10.1 Å². The van der Waals surface area contributed by atoms with Gasteiger partial charge in [-0.25, -0.2) is 0 Å². The minimum Gasteiger partial charge on any atom is -0.405 e. The lowest BCUT2D eigenvalue weighted by molar-refractivity contribution is -0.274. The minimum atomic E-state index is -4.86. The minimum absolute atomic E-state index is 0.111. The predicted molar refractivity (Wildman–Crippen MR) is 129 cm³/mol. The van der Waals surface area contributed by atoms with Gasteiger partial charge in [-0.2, -0.15) is 0 Å². The fraction of sp³-hybridized carbons (Fsp3) is 0.400. The Hall–Kier alpha value is -3.27. The molecular formula is C25H27ClF3N3O4. The van der Waals surface area contributed by atoms with Gasteiger partial charge in [-0.15, -0.1) is 13.2 Å². The first kappa shape index (κ1) is 27.3. The number of alkyl halides is 3. The molecule has 1 atom stereocenters. The van der Waals surface area contributed by atoms with E-state index < -0.39 is 18.2 Å². The molecule has 194 valence electrons. The first-order chi connectivity index (χ1) is 17.0. The van der Waals surface area contributed by atoms with Crippen LogP contribution in [0.3, 0.4) is 0 Å². The molecule has 0 aromatic heterocycles. The highest BCUT2D eigenvalue weighted by atomic mass is 35.5. The van der Waals surface area contributed by atoms with Crippen LogP contribution in [0.15, 0.2) is 42.5 Å². The fourth-order valence-electron chi connectivity index (χ4n) is 4.01. The monoisotopic (exact) mass is 525 g/mol. The fourth-order valence-corrected chi connectivity index (χ4v) is 4.29. The van der Waals surface area contributed by atoms with E-state index in [1.807, 2.05) is 0 Å². The summed E-state index contributed by atoms with van der Waals surface area (Å²) in [5.74, 6) is -1.13. The van der Waals surface area contributed by atoms with Gasteiger partial charge in [0.25, 0.3) is 0 Å². The van der Waals surface area contributed by atoms with Gasteiger partial charge in [0.15, 0.2) is 0 Å². The molecule has 1 fully saturated rings. The average molecular weight is 526 g/mol. The molecule has 1 saturated heterocycles. The van der Waals surface area contributed by atoms with Gasteiger partial charge in [-0.1, -0.05) is 35.9 Å². The SMILES string of the molecule is CC(=O)N(C)CCC(=O)N1CCCCC1C(=O)Nc1ccc(-c2ccccc2OC(F)(F)F)c(Cl)c1. The third-order valence-electron chi connectivity index (χ3n) is 5.96. The Morgan fingerprint density at radius 1 is 1.14 bits per heavy atom. The molecule has 7 nitrogen and oxygen atoms in total. The van der Waals surface area contributed by atoms with Gasteiger partial charge in [-0.05, 0) is 37.5 Å². The number of benzene rings is 2. The zero-order valence-corrected chi connectivity index (χ0v) is 20.7. The van der Waals surface area contributed by atoms with E-state index in [-0.39, 0.29) is 41.3 Å². The molecule has 3 rings (SSSR count). The van der Waals surface area contributed by atoms with Crippen LogP contribution in [0.5, 0.6) is 5.75 Å². The molecule has 0 aliphatic carbocycles. The number of carbonyl (C=O) groups is 3. The molecular weight excluding hydrogens is 499 g/mol. The lowest BCUT2D eigenvalue weighted by atomic mass is 10.0. The normalized spacial score (nSPS) is 15.8. The molecule has 2 aromatic carbocycles. The number of piperidine rings is 1. The lowest BCUT2D eigenvalue weighted by Gasteiger charge is -2.35. The third kappa shape index (κ3) is 7.13. The quantitative estimate of drug-likeness (QED) is 0.546. The summed E-state index contributed by atoms with van der Waals surface area (Å²) < 4.78 is 42.5. The van der Waals surface area contributed by atoms with Crippen molar-refractivity contribution in [2.45, 2.75) is 45.0 Å². The molecule has 1 aliphatic heterocycles. The highest BCUT2D eigenvalue weighted by Crippen LogP contribution is 2.38. The third-order valence-corrected chi connectivity index (χ3v) is 6.28. The van der Waals surface area contributed by atoms with E-state index >= 15 is 0 Å². The number of halogens is 4. The molecule has 0 radical (unpaired) electrons. The summed E-state index contributed by atoms with van der Waals surface area (Å²) in [7, 11) is 1.61. The summed E-state index contributed by atoms with van der Waals surface area (Å²) in [4.78, 5) is 40.2. The molecule has 1 unspecified atom stereocenters. The zero-order valence-electron chi connectivity index (χ0n) is 19.9. The van der Waals surface area contributed by atoms with Crippen molar-refractivity contribution in [3.05, 3.63) is 47.5 Å². The number of hydrogen-bond acceptors (Lipinski definition) is 4. The van der Waals surface area contributed by atoms with Crippen LogP contribution in [0, 0.1) is 0 Å². The van der Waals surface area contributed by atoms with Crippen LogP contribution < -0.4 is 10.1 Å². The van der Waals surface area contributed by atoms with E-state index in [0.717, 1.165) is 12.8 Å². The van der Waals surface area contributed by atoms with Gasteiger partial charge >= 0.3 is 6.36 Å². The molecule has 1 heterocycles. The molecule has 1 aliphatic rings. The van der Waals surface area contributed by atoms with E-state index in [0.29, 0.717) is 24.2 Å². The van der Waals surface area contributed by atoms with Crippen molar-refractivity contribution in [2.24, 2.45) is 0 Å². The van der Waals surface area contributed by atoms with E-state index in [1.54, 1.807) is 13.1 Å². The van der Waals surface area contributed by atoms with Crippen molar-refractivity contribution in [1.82, 2.24) is 9.80 Å². The molecule has 11 heteroatoms. The second kappa shape index (κ2) is 11.6. The van der Waals surface area contributed by atoms with Crippen LogP contribution >= 0.6 is 11.6 Å². The van der Waals surface area contributed by atoms with E-state index in [9.17, 15) is 27.6 Å². The number of ether oxygens (including phenoxy) is 1. The van der Waals surface area contributed by atoms with Crippen molar-refractivity contribution in [1.29, 1.82) is 0 Å². The summed E-state index contributed by atoms with van der Waals surface area (Å²) in [6, 6.07) is 9.42. The first-order valence-electron chi connectivity index (χ1n) is 11.4. The van der Waals surface area contributed by atoms with Crippen LogP contribution in [0.1, 0.15) is 32.6 Å². The summed E-state index contributed by atoms with van der Waals surface area (Å²) in [5.41, 5.74) is 0.799. The second-order valence-electron chi connectivity index (χ2n) is 8.52. The number of likely N-dealkylation sites (tertiary alicyclic amines) is 1. The average Bonchev–Trinajstić information content (AvgIpc) is 2.82. The topological polar surface area (TPSA) is 79.0 Å². The molecule has 3 amide bonds. The van der Waals surface area contributed by atoms with Crippen LogP contribution in [-0.2, 0) is 14.4 Å². The van der Waals surface area contributed by atoms with Crippen molar-refractivity contribution >= 4 is 35.0 Å². The highest BCUT2D eigenvalue weighted by molar-refractivity contribution is 6.33. The number of para-hydroxylation sites is 1. The first-order valence-corrected chi connectivity index (χ1v) is 11.8. The van der Waals surface area contributed by atoms with Gasteiger partial charge in [0.1, 0.15) is 11.8 Å². The number of carbonyl (C=O) groups excluding carboxylic acids is 3. The largest absolute Gasteiger partial charge is 0.573 e. The van der Waals surface area contributed by atoms with Crippen molar-refractivity contribution in [3.8, 4) is 16.9 Å². The summed E-state index contributed by atoms with van der Waals surface area (Å²) in [5, 5.41) is 2.88. The molecule has 0 bridgehead atoms. The van der Waals surface area contributed by atoms with Crippen molar-refractivity contribution in [3.63, 3.8) is 0 Å². The Labute approximate surface area is 212 Å². The van der Waals surface area contributed by atoms with Crippen molar-refractivity contribution < 1.29 is 32.3 Å². The molecule has 36 heavy (non-hydrogen) atoms. The van der Waals surface area contributed by atoms with Crippen LogP contribution in [0.25, 0.3) is 11.1 Å². The molecule has 0 spiro atoms. The van der Waals surface area contributed by atoms with E-state index in [4.69, 9.17) is 11.6 Å². The lowest BCUT2D eigenvalue weighted by Crippen LogP contribution is -2.50. The van der Waals surface area contributed by atoms with Crippen molar-refractivity contribution in [2.75, 3.05) is 25.5 Å². The molecule has 2 aromatic rings. The Morgan fingerprint density at radius 2 is 1.86 bits per heavy atom. The Bertz CT molecular complexity index is 1130. The van der Waals surface area contributed by atoms with Crippen LogP contribution in [-0.4, -0.2) is 60.1 Å². The summed E-state index contributed by atoms with van der Waals surface area (Å²) >= 11 is 6.37. The maximum Gasteiger partial charge on any atom is 0.573 e. The van der Waals surface area contributed by atoms with Gasteiger partial charge in [-0.3, -0.25) is 14.4 Å². The Kier molecular flexibility index (Phi) is 8.84. The van der Waals surface area contributed by atoms with Crippen LogP contribution in [0.2, 0.25) is 5.02 Å².